The van der Waals surface area contributed by atoms with E-state index in [0.29, 0.717) is 16.6 Å². The summed E-state index contributed by atoms with van der Waals surface area (Å²) in [5.74, 6) is -0.751. The number of para-hydroxylation sites is 1. The third-order valence-corrected chi connectivity index (χ3v) is 6.03. The SMILES string of the molecule is CCCCc1cc(-n2cnc3cccc(C(=O)OC)c32)ccc1-c1ccccc1-c1n[nH]c(=O)o1. The average Bonchev–Trinajstić information content (AvgIpc) is 3.53. The number of rotatable bonds is 7. The van der Waals surface area contributed by atoms with Crippen LogP contribution >= 0.6 is 0 Å². The van der Waals surface area contributed by atoms with Crippen molar-refractivity contribution in [1.29, 1.82) is 0 Å². The predicted octanol–water partition coefficient (Wildman–Crippen LogP) is 5.17. The lowest BCUT2D eigenvalue weighted by atomic mass is 9.92. The van der Waals surface area contributed by atoms with Gasteiger partial charge in [0.1, 0.15) is 6.33 Å². The van der Waals surface area contributed by atoms with Crippen LogP contribution in [-0.2, 0) is 11.2 Å². The summed E-state index contributed by atoms with van der Waals surface area (Å²) in [4.78, 5) is 28.5. The Morgan fingerprint density at radius 1 is 1.06 bits per heavy atom. The molecule has 35 heavy (non-hydrogen) atoms. The van der Waals surface area contributed by atoms with Crippen LogP contribution in [0.4, 0.5) is 0 Å². The smallest absolute Gasteiger partial charge is 0.434 e. The van der Waals surface area contributed by atoms with Crippen molar-refractivity contribution >= 4 is 17.0 Å². The minimum Gasteiger partial charge on any atom is -0.465 e. The molecule has 0 spiro atoms. The minimum absolute atomic E-state index is 0.249. The van der Waals surface area contributed by atoms with Gasteiger partial charge in [0, 0.05) is 11.3 Å². The molecule has 0 atom stereocenters. The highest BCUT2D eigenvalue weighted by atomic mass is 16.5. The molecule has 3 aromatic carbocycles. The molecule has 0 unspecified atom stereocenters. The molecular weight excluding hydrogens is 444 g/mol. The molecule has 0 bridgehead atoms. The molecule has 0 fully saturated rings. The van der Waals surface area contributed by atoms with Crippen LogP contribution in [0.2, 0.25) is 0 Å². The number of nitrogens with zero attached hydrogens (tertiary/aromatic N) is 3. The van der Waals surface area contributed by atoms with Gasteiger partial charge in [0.2, 0.25) is 5.89 Å². The number of fused-ring (bicyclic) bond motifs is 1. The molecule has 0 saturated carbocycles. The summed E-state index contributed by atoms with van der Waals surface area (Å²) in [6, 6.07) is 19.3. The van der Waals surface area contributed by atoms with Gasteiger partial charge in [0.15, 0.2) is 0 Å². The van der Waals surface area contributed by atoms with E-state index in [1.165, 1.54) is 7.11 Å². The molecule has 0 aliphatic heterocycles. The van der Waals surface area contributed by atoms with Gasteiger partial charge < -0.3 is 9.15 Å². The van der Waals surface area contributed by atoms with E-state index in [-0.39, 0.29) is 5.89 Å². The maximum Gasteiger partial charge on any atom is 0.434 e. The highest BCUT2D eigenvalue weighted by Gasteiger charge is 2.18. The number of hydrogen-bond acceptors (Lipinski definition) is 6. The van der Waals surface area contributed by atoms with Crippen LogP contribution in [0, 0.1) is 0 Å². The van der Waals surface area contributed by atoms with Gasteiger partial charge in [0.05, 0.1) is 23.7 Å². The maximum absolute atomic E-state index is 12.4. The molecule has 1 N–H and O–H groups in total. The fourth-order valence-electron chi connectivity index (χ4n) is 4.35. The fraction of sp³-hybridized carbons (Fsp3) is 0.185. The van der Waals surface area contributed by atoms with Gasteiger partial charge in [-0.25, -0.2) is 19.7 Å². The van der Waals surface area contributed by atoms with Crippen molar-refractivity contribution in [2.75, 3.05) is 7.11 Å². The minimum atomic E-state index is -0.593. The Hall–Kier alpha value is -4.46. The summed E-state index contributed by atoms with van der Waals surface area (Å²) >= 11 is 0. The van der Waals surface area contributed by atoms with Gasteiger partial charge >= 0.3 is 11.7 Å². The maximum atomic E-state index is 12.4. The fourth-order valence-corrected chi connectivity index (χ4v) is 4.35. The Balaban J connectivity index is 1.68. The van der Waals surface area contributed by atoms with Crippen molar-refractivity contribution in [1.82, 2.24) is 19.7 Å². The standard InChI is InChI=1S/C27H24N4O4/c1-3-4-8-17-15-18(31-16-28-23-12-7-11-22(24(23)31)26(32)34-2)13-14-19(17)20-9-5-6-10-21(20)25-29-30-27(33)35-25/h5-7,9-16H,3-4,8H2,1-2H3,(H,30,33). The first-order chi connectivity index (χ1) is 17.1. The van der Waals surface area contributed by atoms with Crippen LogP contribution in [0.3, 0.4) is 0 Å². The molecule has 0 saturated heterocycles. The number of methoxy groups -OCH3 is 1. The molecule has 8 heteroatoms. The van der Waals surface area contributed by atoms with Crippen molar-refractivity contribution in [3.05, 3.63) is 88.7 Å². The monoisotopic (exact) mass is 468 g/mol. The molecule has 0 aliphatic rings. The number of carbonyl (C=O) groups is 1. The van der Waals surface area contributed by atoms with Crippen molar-refractivity contribution in [3.8, 4) is 28.3 Å². The Labute approximate surface area is 201 Å². The third-order valence-electron chi connectivity index (χ3n) is 6.03. The largest absolute Gasteiger partial charge is 0.465 e. The third kappa shape index (κ3) is 4.14. The van der Waals surface area contributed by atoms with E-state index >= 15 is 0 Å². The molecule has 8 nitrogen and oxygen atoms in total. The molecule has 0 radical (unpaired) electrons. The number of carbonyl (C=O) groups excluding carboxylic acids is 1. The van der Waals surface area contributed by atoms with E-state index in [1.54, 1.807) is 18.5 Å². The first kappa shape index (κ1) is 22.3. The second kappa shape index (κ2) is 9.42. The Kier molecular flexibility index (Phi) is 6.01. The Bertz CT molecular complexity index is 1580. The zero-order valence-corrected chi connectivity index (χ0v) is 19.4. The summed E-state index contributed by atoms with van der Waals surface area (Å²) in [5.41, 5.74) is 6.58. The highest BCUT2D eigenvalue weighted by molar-refractivity contribution is 6.02. The number of aromatic nitrogens is 4. The van der Waals surface area contributed by atoms with E-state index in [4.69, 9.17) is 9.15 Å². The Morgan fingerprint density at radius 2 is 1.89 bits per heavy atom. The van der Waals surface area contributed by atoms with E-state index < -0.39 is 11.7 Å². The summed E-state index contributed by atoms with van der Waals surface area (Å²) in [7, 11) is 1.37. The molecule has 5 rings (SSSR count). The number of aryl methyl sites for hydroxylation is 1. The van der Waals surface area contributed by atoms with Crippen molar-refractivity contribution < 1.29 is 13.9 Å². The number of nitrogens with one attached hydrogen (secondary N) is 1. The Morgan fingerprint density at radius 3 is 2.63 bits per heavy atom. The second-order valence-electron chi connectivity index (χ2n) is 8.19. The van der Waals surface area contributed by atoms with Gasteiger partial charge in [0.25, 0.3) is 0 Å². The highest BCUT2D eigenvalue weighted by Crippen LogP contribution is 2.35. The molecule has 2 heterocycles. The van der Waals surface area contributed by atoms with Crippen molar-refractivity contribution in [2.45, 2.75) is 26.2 Å². The lowest BCUT2D eigenvalue weighted by Crippen LogP contribution is -2.05. The molecular formula is C27H24N4O4. The molecule has 176 valence electrons. The second-order valence-corrected chi connectivity index (χ2v) is 8.19. The number of esters is 1. The number of hydrogen-bond donors (Lipinski definition) is 1. The molecule has 0 amide bonds. The van der Waals surface area contributed by atoms with Gasteiger partial charge in [-0.3, -0.25) is 4.57 Å². The number of ether oxygens (including phenoxy) is 1. The van der Waals surface area contributed by atoms with Crippen LogP contribution in [0.5, 0.6) is 0 Å². The van der Waals surface area contributed by atoms with E-state index in [0.717, 1.165) is 47.2 Å². The summed E-state index contributed by atoms with van der Waals surface area (Å²) in [5, 5.41) is 6.37. The normalized spacial score (nSPS) is 11.1. The number of H-pyrrole nitrogens is 1. The van der Waals surface area contributed by atoms with Crippen LogP contribution in [0.1, 0.15) is 35.7 Å². The van der Waals surface area contributed by atoms with E-state index in [9.17, 15) is 9.59 Å². The topological polar surface area (TPSA) is 103 Å². The number of aromatic amines is 1. The van der Waals surface area contributed by atoms with Gasteiger partial charge in [-0.2, -0.15) is 0 Å². The van der Waals surface area contributed by atoms with Crippen LogP contribution in [-0.4, -0.2) is 32.8 Å². The van der Waals surface area contributed by atoms with Gasteiger partial charge in [-0.1, -0.05) is 43.7 Å². The first-order valence-electron chi connectivity index (χ1n) is 11.4. The van der Waals surface area contributed by atoms with Crippen LogP contribution in [0.15, 0.2) is 76.2 Å². The number of benzene rings is 3. The van der Waals surface area contributed by atoms with E-state index in [2.05, 4.69) is 34.2 Å². The lowest BCUT2D eigenvalue weighted by molar-refractivity contribution is 0.0602. The number of unbranched alkanes of at least 4 members (excludes halogenated alkanes) is 1. The van der Waals surface area contributed by atoms with Crippen molar-refractivity contribution in [2.24, 2.45) is 0 Å². The van der Waals surface area contributed by atoms with Gasteiger partial charge in [-0.15, -0.1) is 5.10 Å². The molecule has 5 aromatic rings. The average molecular weight is 469 g/mol. The van der Waals surface area contributed by atoms with Crippen molar-refractivity contribution in [3.63, 3.8) is 0 Å². The molecule has 2 aromatic heterocycles. The van der Waals surface area contributed by atoms with Gasteiger partial charge in [-0.05, 0) is 59.9 Å². The zero-order chi connectivity index (χ0) is 24.4. The summed E-state index contributed by atoms with van der Waals surface area (Å²) in [6.07, 6.45) is 4.63. The summed E-state index contributed by atoms with van der Waals surface area (Å²) < 4.78 is 12.2. The number of imidazole rings is 1. The summed E-state index contributed by atoms with van der Waals surface area (Å²) in [6.45, 7) is 2.15. The quantitative estimate of drug-likeness (QED) is 0.331. The first-order valence-corrected chi connectivity index (χ1v) is 11.4. The lowest BCUT2D eigenvalue weighted by Gasteiger charge is -2.15. The predicted molar refractivity (Wildman–Crippen MR) is 133 cm³/mol. The molecule has 0 aliphatic carbocycles. The zero-order valence-electron chi connectivity index (χ0n) is 19.4. The van der Waals surface area contributed by atoms with Crippen LogP contribution in [0.25, 0.3) is 39.3 Å². The van der Waals surface area contributed by atoms with Crippen LogP contribution < -0.4 is 5.76 Å². The van der Waals surface area contributed by atoms with E-state index in [1.807, 2.05) is 41.0 Å².